The fraction of sp³-hybridized carbons (Fsp3) is 0.333. The molecule has 0 radical (unpaired) electrons. The monoisotopic (exact) mass is 546 g/mol. The van der Waals surface area contributed by atoms with E-state index in [1.54, 1.807) is 6.20 Å². The maximum atomic E-state index is 12.2. The Bertz CT molecular complexity index is 1520. The summed E-state index contributed by atoms with van der Waals surface area (Å²) in [4.78, 5) is 18.8. The minimum Gasteiger partial charge on any atom is -0.454 e. The average molecular weight is 547 g/mol. The normalized spacial score (nSPS) is 15.0. The topological polar surface area (TPSA) is 159 Å². The highest BCUT2D eigenvalue weighted by molar-refractivity contribution is 7.99. The number of fused-ring (bicyclic) bond motifs is 2. The van der Waals surface area contributed by atoms with Gasteiger partial charge in [-0.2, -0.15) is 0 Å². The Labute approximate surface area is 214 Å². The van der Waals surface area contributed by atoms with Crippen LogP contribution in [0.2, 0.25) is 0 Å². The van der Waals surface area contributed by atoms with Crippen LogP contribution in [0.25, 0.3) is 21.7 Å². The molecule has 0 saturated heterocycles. The van der Waals surface area contributed by atoms with Crippen molar-refractivity contribution >= 4 is 50.1 Å². The molecule has 1 fully saturated rings. The van der Waals surface area contributed by atoms with E-state index >= 15 is 0 Å². The lowest BCUT2D eigenvalue weighted by atomic mass is 10.2. The maximum absolute atomic E-state index is 12.2. The van der Waals surface area contributed by atoms with Gasteiger partial charge in [0.25, 0.3) is 0 Å². The third-order valence-electron chi connectivity index (χ3n) is 5.80. The summed E-state index contributed by atoms with van der Waals surface area (Å²) < 4.78 is 40.3. The Morgan fingerprint density at radius 1 is 1.19 bits per heavy atom. The van der Waals surface area contributed by atoms with Crippen molar-refractivity contribution in [3.05, 3.63) is 30.0 Å². The second kappa shape index (κ2) is 9.48. The fourth-order valence-corrected chi connectivity index (χ4v) is 7.09. The molecule has 12 nitrogen and oxygen atoms in total. The SMILES string of the molecule is NNc1ncnc2c1nc(Sc1cc3c(cc1-c1nccs1)OCO3)n2CCCNS(=O)(=O)C1CC1. The van der Waals surface area contributed by atoms with Gasteiger partial charge < -0.3 is 19.5 Å². The Hall–Kier alpha value is -2.98. The minimum absolute atomic E-state index is 0.164. The van der Waals surface area contributed by atoms with Crippen molar-refractivity contribution in [3.63, 3.8) is 0 Å². The summed E-state index contributed by atoms with van der Waals surface area (Å²) in [5.41, 5.74) is 4.60. The third-order valence-corrected chi connectivity index (χ3v) is 9.61. The van der Waals surface area contributed by atoms with Crippen LogP contribution < -0.4 is 25.5 Å². The second-order valence-corrected chi connectivity index (χ2v) is 12.2. The number of rotatable bonds is 10. The lowest BCUT2D eigenvalue weighted by molar-refractivity contribution is 0.174. The van der Waals surface area contributed by atoms with Gasteiger partial charge in [-0.15, -0.1) is 11.3 Å². The molecule has 6 rings (SSSR count). The number of aryl methyl sites for hydroxylation is 1. The van der Waals surface area contributed by atoms with E-state index in [0.717, 1.165) is 28.3 Å². The molecule has 188 valence electrons. The molecule has 0 amide bonds. The summed E-state index contributed by atoms with van der Waals surface area (Å²) in [5.74, 6) is 7.39. The highest BCUT2D eigenvalue weighted by Gasteiger charge is 2.35. The van der Waals surface area contributed by atoms with Crippen LogP contribution >= 0.6 is 23.1 Å². The van der Waals surface area contributed by atoms with Gasteiger partial charge in [-0.05, 0) is 31.4 Å². The van der Waals surface area contributed by atoms with Gasteiger partial charge in [0, 0.05) is 35.1 Å². The second-order valence-electron chi connectivity index (χ2n) is 8.22. The van der Waals surface area contributed by atoms with Gasteiger partial charge in [-0.25, -0.2) is 38.9 Å². The molecular formula is C21H22N8O4S3. The van der Waals surface area contributed by atoms with Crippen molar-refractivity contribution in [1.82, 2.24) is 29.2 Å². The lowest BCUT2D eigenvalue weighted by Crippen LogP contribution is -2.28. The molecular weight excluding hydrogens is 524 g/mol. The number of hydrogen-bond acceptors (Lipinski definition) is 12. The molecule has 36 heavy (non-hydrogen) atoms. The fourth-order valence-electron chi connectivity index (χ4n) is 3.88. The smallest absolute Gasteiger partial charge is 0.231 e. The number of sulfonamides is 1. The zero-order chi connectivity index (χ0) is 24.7. The lowest BCUT2D eigenvalue weighted by Gasteiger charge is -2.12. The highest BCUT2D eigenvalue weighted by Crippen LogP contribution is 2.45. The van der Waals surface area contributed by atoms with Crippen molar-refractivity contribution in [3.8, 4) is 22.1 Å². The van der Waals surface area contributed by atoms with Crippen LogP contribution in [0.4, 0.5) is 5.82 Å². The minimum atomic E-state index is -3.24. The van der Waals surface area contributed by atoms with E-state index in [9.17, 15) is 8.42 Å². The van der Waals surface area contributed by atoms with Crippen LogP contribution in [0, 0.1) is 0 Å². The molecule has 2 aliphatic rings. The van der Waals surface area contributed by atoms with Crippen molar-refractivity contribution in [2.24, 2.45) is 5.84 Å². The molecule has 1 aliphatic carbocycles. The summed E-state index contributed by atoms with van der Waals surface area (Å²) in [7, 11) is -3.24. The largest absolute Gasteiger partial charge is 0.454 e. The number of aromatic nitrogens is 5. The number of nitrogen functional groups attached to an aromatic ring is 1. The summed E-state index contributed by atoms with van der Waals surface area (Å²) in [6.07, 6.45) is 5.18. The average Bonchev–Trinajstić information content (AvgIpc) is 3.26. The molecule has 0 atom stereocenters. The van der Waals surface area contributed by atoms with E-state index in [4.69, 9.17) is 20.3 Å². The van der Waals surface area contributed by atoms with Gasteiger partial charge in [0.15, 0.2) is 33.6 Å². The number of imidazole rings is 1. The molecule has 15 heteroatoms. The van der Waals surface area contributed by atoms with Crippen molar-refractivity contribution < 1.29 is 17.9 Å². The number of nitrogens with zero attached hydrogens (tertiary/aromatic N) is 5. The maximum Gasteiger partial charge on any atom is 0.231 e. The first-order valence-corrected chi connectivity index (χ1v) is 14.5. The number of nitrogens with two attached hydrogens (primary N) is 1. The number of anilines is 1. The van der Waals surface area contributed by atoms with E-state index < -0.39 is 10.0 Å². The molecule has 0 unspecified atom stereocenters. The van der Waals surface area contributed by atoms with Crippen LogP contribution in [0.5, 0.6) is 11.5 Å². The number of nitrogens with one attached hydrogen (secondary N) is 2. The van der Waals surface area contributed by atoms with Gasteiger partial charge in [0.2, 0.25) is 16.8 Å². The molecule has 1 aromatic carbocycles. The zero-order valence-electron chi connectivity index (χ0n) is 18.9. The van der Waals surface area contributed by atoms with Crippen LogP contribution in [0.15, 0.2) is 40.1 Å². The van der Waals surface area contributed by atoms with Crippen LogP contribution in [0.1, 0.15) is 19.3 Å². The first kappa shape index (κ1) is 23.4. The third kappa shape index (κ3) is 4.48. The summed E-state index contributed by atoms with van der Waals surface area (Å²) in [6.45, 7) is 0.978. The van der Waals surface area contributed by atoms with Crippen LogP contribution in [-0.2, 0) is 16.6 Å². The molecule has 1 aliphatic heterocycles. The summed E-state index contributed by atoms with van der Waals surface area (Å²) in [5, 5.41) is 3.17. The Kier molecular flexibility index (Phi) is 6.17. The number of ether oxygens (including phenoxy) is 2. The number of thiazole rings is 1. The van der Waals surface area contributed by atoms with Crippen LogP contribution in [-0.4, -0.2) is 51.5 Å². The molecule has 4 aromatic rings. The standard InChI is InChI=1S/C21H22N8O4S3/c22-28-18-17-19(25-10-24-18)29(6-1-4-26-36(30,31)12-2-3-12)21(27-17)35-16-9-15-14(32-11-33-15)8-13(16)20-23-5-7-34-20/h5,7-10,12,26H,1-4,6,11,22H2,(H,24,25,28). The van der Waals surface area contributed by atoms with Gasteiger partial charge >= 0.3 is 0 Å². The van der Waals surface area contributed by atoms with E-state index in [1.807, 2.05) is 22.1 Å². The van der Waals surface area contributed by atoms with Crippen LogP contribution in [0.3, 0.4) is 0 Å². The Morgan fingerprint density at radius 2 is 2.03 bits per heavy atom. The number of hydrogen-bond donors (Lipinski definition) is 3. The predicted octanol–water partition coefficient (Wildman–Crippen LogP) is 2.59. The predicted molar refractivity (Wildman–Crippen MR) is 135 cm³/mol. The van der Waals surface area contributed by atoms with Gasteiger partial charge in [0.05, 0.1) is 5.25 Å². The van der Waals surface area contributed by atoms with Gasteiger partial charge in [0.1, 0.15) is 11.3 Å². The van der Waals surface area contributed by atoms with E-state index in [1.165, 1.54) is 29.4 Å². The Balaban J connectivity index is 1.34. The Morgan fingerprint density at radius 3 is 2.78 bits per heavy atom. The van der Waals surface area contributed by atoms with Crippen molar-refractivity contribution in [2.45, 2.75) is 41.1 Å². The molecule has 1 saturated carbocycles. The van der Waals surface area contributed by atoms with E-state index in [-0.39, 0.29) is 12.0 Å². The molecule has 4 N–H and O–H groups in total. The molecule has 4 heterocycles. The molecule has 0 spiro atoms. The zero-order valence-corrected chi connectivity index (χ0v) is 21.3. The highest BCUT2D eigenvalue weighted by atomic mass is 32.2. The first-order valence-electron chi connectivity index (χ1n) is 11.2. The number of benzene rings is 1. The molecule has 0 bridgehead atoms. The van der Waals surface area contributed by atoms with Crippen molar-refractivity contribution in [2.75, 3.05) is 18.8 Å². The summed E-state index contributed by atoms with van der Waals surface area (Å²) >= 11 is 2.96. The molecule has 3 aromatic heterocycles. The van der Waals surface area contributed by atoms with Gasteiger partial charge in [-0.1, -0.05) is 11.8 Å². The summed E-state index contributed by atoms with van der Waals surface area (Å²) in [6, 6.07) is 3.85. The first-order chi connectivity index (χ1) is 17.5. The van der Waals surface area contributed by atoms with Gasteiger partial charge in [-0.3, -0.25) is 0 Å². The van der Waals surface area contributed by atoms with Crippen molar-refractivity contribution in [1.29, 1.82) is 0 Å². The quantitative estimate of drug-likeness (QED) is 0.152. The number of hydrazine groups is 1. The van der Waals surface area contributed by atoms with E-state index in [2.05, 4.69) is 25.1 Å². The van der Waals surface area contributed by atoms with E-state index in [0.29, 0.717) is 53.1 Å².